The minimum absolute atomic E-state index is 0.133. The van der Waals surface area contributed by atoms with Crippen LogP contribution in [0, 0.1) is 11.6 Å². The molecule has 4 aromatic rings. The highest BCUT2D eigenvalue weighted by atomic mass is 35.5. The summed E-state index contributed by atoms with van der Waals surface area (Å²) in [6, 6.07) is 12.5. The van der Waals surface area contributed by atoms with Gasteiger partial charge in [0.05, 0.1) is 21.1 Å². The molecule has 0 aliphatic heterocycles. The lowest BCUT2D eigenvalue weighted by atomic mass is 10.2. The summed E-state index contributed by atoms with van der Waals surface area (Å²) in [6.07, 6.45) is 0. The third-order valence-corrected chi connectivity index (χ3v) is 4.95. The smallest absolute Gasteiger partial charge is 0.173 e. The highest BCUT2D eigenvalue weighted by Crippen LogP contribution is 2.34. The van der Waals surface area contributed by atoms with Crippen LogP contribution in [0.15, 0.2) is 53.9 Å². The number of halogens is 3. The van der Waals surface area contributed by atoms with E-state index < -0.39 is 11.6 Å². The monoisotopic (exact) mass is 373 g/mol. The first kappa shape index (κ1) is 15.9. The van der Waals surface area contributed by atoms with Crippen LogP contribution in [0.1, 0.15) is 0 Å². The van der Waals surface area contributed by atoms with Crippen LogP contribution in [0.4, 0.5) is 20.3 Å². The third-order valence-electron chi connectivity index (χ3n) is 3.61. The molecule has 2 heterocycles. The van der Waals surface area contributed by atoms with Gasteiger partial charge >= 0.3 is 0 Å². The Morgan fingerprint density at radius 2 is 1.84 bits per heavy atom. The first-order valence-corrected chi connectivity index (χ1v) is 8.60. The molecule has 0 atom stereocenters. The van der Waals surface area contributed by atoms with E-state index in [1.165, 1.54) is 23.5 Å². The van der Waals surface area contributed by atoms with E-state index in [2.05, 4.69) is 15.3 Å². The van der Waals surface area contributed by atoms with E-state index in [1.807, 2.05) is 29.6 Å². The van der Waals surface area contributed by atoms with E-state index in [0.717, 1.165) is 16.3 Å². The SMILES string of the molecule is Fc1ccc(Nc2nc(-c3sccc3Cl)nc3ccccc23)c(F)c1. The van der Waals surface area contributed by atoms with E-state index in [0.29, 0.717) is 22.2 Å². The van der Waals surface area contributed by atoms with Crippen molar-refractivity contribution in [3.8, 4) is 10.7 Å². The van der Waals surface area contributed by atoms with E-state index in [4.69, 9.17) is 11.6 Å². The quantitative estimate of drug-likeness (QED) is 0.476. The van der Waals surface area contributed by atoms with Crippen LogP contribution >= 0.6 is 22.9 Å². The van der Waals surface area contributed by atoms with Crippen molar-refractivity contribution in [2.45, 2.75) is 0 Å². The number of para-hydroxylation sites is 1. The fourth-order valence-corrected chi connectivity index (χ4v) is 3.52. The molecule has 1 N–H and O–H groups in total. The molecule has 0 aliphatic carbocycles. The first-order valence-electron chi connectivity index (χ1n) is 7.34. The van der Waals surface area contributed by atoms with Gasteiger partial charge in [-0.15, -0.1) is 11.3 Å². The van der Waals surface area contributed by atoms with Crippen molar-refractivity contribution in [2.24, 2.45) is 0 Å². The maximum Gasteiger partial charge on any atom is 0.173 e. The Bertz CT molecular complexity index is 1080. The number of thiophene rings is 1. The highest BCUT2D eigenvalue weighted by Gasteiger charge is 2.14. The van der Waals surface area contributed by atoms with Crippen molar-refractivity contribution < 1.29 is 8.78 Å². The number of anilines is 2. The maximum absolute atomic E-state index is 14.0. The summed E-state index contributed by atoms with van der Waals surface area (Å²) in [5.41, 5.74) is 0.829. The van der Waals surface area contributed by atoms with Gasteiger partial charge in [-0.3, -0.25) is 0 Å². The number of benzene rings is 2. The predicted octanol–water partition coefficient (Wildman–Crippen LogP) is 6.03. The van der Waals surface area contributed by atoms with Crippen LogP contribution in [-0.4, -0.2) is 9.97 Å². The van der Waals surface area contributed by atoms with E-state index in [1.54, 1.807) is 6.07 Å². The molecule has 0 spiro atoms. The molecule has 0 saturated heterocycles. The normalized spacial score (nSPS) is 11.0. The zero-order valence-electron chi connectivity index (χ0n) is 12.6. The Labute approximate surface area is 150 Å². The molecular formula is C18H10ClF2N3S. The molecule has 3 nitrogen and oxygen atoms in total. The molecule has 0 unspecified atom stereocenters. The summed E-state index contributed by atoms with van der Waals surface area (Å²) in [7, 11) is 0. The Kier molecular flexibility index (Phi) is 4.07. The van der Waals surface area contributed by atoms with Gasteiger partial charge in [-0.1, -0.05) is 23.7 Å². The van der Waals surface area contributed by atoms with Crippen LogP contribution in [-0.2, 0) is 0 Å². The summed E-state index contributed by atoms with van der Waals surface area (Å²) >= 11 is 7.61. The summed E-state index contributed by atoms with van der Waals surface area (Å²) in [6.45, 7) is 0. The Morgan fingerprint density at radius 3 is 2.60 bits per heavy atom. The summed E-state index contributed by atoms with van der Waals surface area (Å²) in [4.78, 5) is 9.78. The maximum atomic E-state index is 14.0. The lowest BCUT2D eigenvalue weighted by molar-refractivity contribution is 0.586. The number of hydrogen-bond donors (Lipinski definition) is 1. The molecule has 4 rings (SSSR count). The van der Waals surface area contributed by atoms with Crippen LogP contribution < -0.4 is 5.32 Å². The van der Waals surface area contributed by atoms with E-state index in [-0.39, 0.29) is 5.69 Å². The zero-order chi connectivity index (χ0) is 17.4. The zero-order valence-corrected chi connectivity index (χ0v) is 14.2. The molecule has 0 fully saturated rings. The molecule has 2 aromatic heterocycles. The number of rotatable bonds is 3. The Hall–Kier alpha value is -2.57. The number of nitrogens with zero attached hydrogens (tertiary/aromatic N) is 2. The van der Waals surface area contributed by atoms with Crippen LogP contribution in [0.5, 0.6) is 0 Å². The molecule has 2 aromatic carbocycles. The lowest BCUT2D eigenvalue weighted by Crippen LogP contribution is -2.00. The average Bonchev–Trinajstić information content (AvgIpc) is 3.03. The van der Waals surface area contributed by atoms with Crippen molar-refractivity contribution in [1.82, 2.24) is 9.97 Å². The fourth-order valence-electron chi connectivity index (χ4n) is 2.45. The Morgan fingerprint density at radius 1 is 1.00 bits per heavy atom. The van der Waals surface area contributed by atoms with Crippen LogP contribution in [0.25, 0.3) is 21.6 Å². The van der Waals surface area contributed by atoms with Gasteiger partial charge in [0, 0.05) is 11.5 Å². The van der Waals surface area contributed by atoms with Gasteiger partial charge in [0.2, 0.25) is 0 Å². The predicted molar refractivity (Wildman–Crippen MR) is 97.5 cm³/mol. The summed E-state index contributed by atoms with van der Waals surface area (Å²) in [5, 5.41) is 6.06. The standard InChI is InChI=1S/C18H10ClF2N3S/c19-12-7-8-25-16(12)18-22-14-4-2-1-3-11(14)17(24-18)23-15-6-5-10(20)9-13(15)21/h1-9H,(H,22,23,24). The second kappa shape index (κ2) is 6.38. The number of nitrogens with one attached hydrogen (secondary N) is 1. The van der Waals surface area contributed by atoms with Crippen molar-refractivity contribution in [1.29, 1.82) is 0 Å². The minimum Gasteiger partial charge on any atom is -0.337 e. The highest BCUT2D eigenvalue weighted by molar-refractivity contribution is 7.14. The largest absolute Gasteiger partial charge is 0.337 e. The van der Waals surface area contributed by atoms with Crippen molar-refractivity contribution >= 4 is 45.3 Å². The van der Waals surface area contributed by atoms with Crippen molar-refractivity contribution in [3.63, 3.8) is 0 Å². The van der Waals surface area contributed by atoms with Gasteiger partial charge in [0.1, 0.15) is 17.5 Å². The second-order valence-electron chi connectivity index (χ2n) is 5.26. The molecule has 124 valence electrons. The summed E-state index contributed by atoms with van der Waals surface area (Å²) < 4.78 is 27.1. The average molecular weight is 374 g/mol. The molecule has 0 aliphatic rings. The van der Waals surface area contributed by atoms with Gasteiger partial charge in [-0.05, 0) is 35.7 Å². The minimum atomic E-state index is -0.696. The first-order chi connectivity index (χ1) is 12.1. The van der Waals surface area contributed by atoms with E-state index >= 15 is 0 Å². The molecule has 0 amide bonds. The molecule has 0 radical (unpaired) electrons. The Balaban J connectivity index is 1.88. The topological polar surface area (TPSA) is 37.8 Å². The lowest BCUT2D eigenvalue weighted by Gasteiger charge is -2.11. The number of aromatic nitrogens is 2. The van der Waals surface area contributed by atoms with Gasteiger partial charge in [-0.25, -0.2) is 18.7 Å². The molecule has 0 saturated carbocycles. The van der Waals surface area contributed by atoms with Crippen molar-refractivity contribution in [3.05, 3.63) is 70.6 Å². The van der Waals surface area contributed by atoms with E-state index in [9.17, 15) is 8.78 Å². The van der Waals surface area contributed by atoms with Gasteiger partial charge < -0.3 is 5.32 Å². The molecule has 25 heavy (non-hydrogen) atoms. The molecule has 7 heteroatoms. The van der Waals surface area contributed by atoms with Crippen LogP contribution in [0.2, 0.25) is 5.02 Å². The van der Waals surface area contributed by atoms with Crippen LogP contribution in [0.3, 0.4) is 0 Å². The fraction of sp³-hybridized carbons (Fsp3) is 0. The van der Waals surface area contributed by atoms with Gasteiger partial charge in [0.25, 0.3) is 0 Å². The molecule has 0 bridgehead atoms. The number of hydrogen-bond acceptors (Lipinski definition) is 4. The third kappa shape index (κ3) is 3.06. The van der Waals surface area contributed by atoms with Crippen molar-refractivity contribution in [2.75, 3.05) is 5.32 Å². The number of fused-ring (bicyclic) bond motifs is 1. The molecular weight excluding hydrogens is 364 g/mol. The summed E-state index contributed by atoms with van der Waals surface area (Å²) in [5.74, 6) is -0.459. The second-order valence-corrected chi connectivity index (χ2v) is 6.58. The van der Waals surface area contributed by atoms with Gasteiger partial charge in [0.15, 0.2) is 5.82 Å². The van der Waals surface area contributed by atoms with Gasteiger partial charge in [-0.2, -0.15) is 0 Å².